The molecule has 1 amide bonds. The molecular formula is C20H15FN2O3. The van der Waals surface area contributed by atoms with E-state index < -0.39 is 17.8 Å². The van der Waals surface area contributed by atoms with E-state index in [0.29, 0.717) is 22.7 Å². The number of anilines is 1. The molecule has 1 atom stereocenters. The molecule has 1 aromatic heterocycles. The van der Waals surface area contributed by atoms with Crippen molar-refractivity contribution in [2.45, 2.75) is 6.10 Å². The molecule has 3 aromatic rings. The standard InChI is InChI=1S/C20H15FN2O3/c21-16-11-14(5-6-15(16)13-7-9-22-10-8-13)23-20(24)19-12-25-17-3-1-2-4-18(17)26-19/h1-11,19H,12H2,(H,23,24)/t19-/m1/s1. The van der Waals surface area contributed by atoms with E-state index in [1.54, 1.807) is 54.9 Å². The summed E-state index contributed by atoms with van der Waals surface area (Å²) >= 11 is 0. The average Bonchev–Trinajstić information content (AvgIpc) is 2.68. The molecule has 6 heteroatoms. The third-order valence-electron chi connectivity index (χ3n) is 4.03. The maximum Gasteiger partial charge on any atom is 0.269 e. The van der Waals surface area contributed by atoms with Crippen molar-refractivity contribution in [1.29, 1.82) is 0 Å². The van der Waals surface area contributed by atoms with Gasteiger partial charge in [0, 0.05) is 23.6 Å². The first-order valence-electron chi connectivity index (χ1n) is 8.10. The fourth-order valence-electron chi connectivity index (χ4n) is 2.73. The zero-order valence-corrected chi connectivity index (χ0v) is 13.7. The van der Waals surface area contributed by atoms with E-state index in [1.165, 1.54) is 6.07 Å². The Kier molecular flexibility index (Phi) is 4.23. The highest BCUT2D eigenvalue weighted by molar-refractivity contribution is 5.95. The number of para-hydroxylation sites is 2. The number of hydrogen-bond donors (Lipinski definition) is 1. The molecular weight excluding hydrogens is 335 g/mol. The molecule has 26 heavy (non-hydrogen) atoms. The number of carbonyl (C=O) groups excluding carboxylic acids is 1. The van der Waals surface area contributed by atoms with E-state index in [0.717, 1.165) is 5.56 Å². The lowest BCUT2D eigenvalue weighted by Crippen LogP contribution is -2.40. The second-order valence-corrected chi connectivity index (χ2v) is 5.78. The maximum atomic E-state index is 14.4. The van der Waals surface area contributed by atoms with Gasteiger partial charge >= 0.3 is 0 Å². The smallest absolute Gasteiger partial charge is 0.269 e. The number of halogens is 1. The lowest BCUT2D eigenvalue weighted by Gasteiger charge is -2.25. The Bertz CT molecular complexity index is 947. The van der Waals surface area contributed by atoms with Crippen LogP contribution in [0.25, 0.3) is 11.1 Å². The van der Waals surface area contributed by atoms with Crippen LogP contribution >= 0.6 is 0 Å². The fourth-order valence-corrected chi connectivity index (χ4v) is 2.73. The largest absolute Gasteiger partial charge is 0.485 e. The predicted octanol–water partition coefficient (Wildman–Crippen LogP) is 3.67. The second-order valence-electron chi connectivity index (χ2n) is 5.78. The first-order valence-corrected chi connectivity index (χ1v) is 8.10. The van der Waals surface area contributed by atoms with Crippen LogP contribution in [0.4, 0.5) is 10.1 Å². The average molecular weight is 350 g/mol. The molecule has 1 aliphatic heterocycles. The van der Waals surface area contributed by atoms with Gasteiger partial charge in [-0.05, 0) is 48.0 Å². The molecule has 0 saturated heterocycles. The minimum atomic E-state index is -0.798. The summed E-state index contributed by atoms with van der Waals surface area (Å²) in [7, 11) is 0. The molecule has 0 aliphatic carbocycles. The van der Waals surface area contributed by atoms with E-state index in [4.69, 9.17) is 9.47 Å². The fraction of sp³-hybridized carbons (Fsp3) is 0.100. The molecule has 1 N–H and O–H groups in total. The summed E-state index contributed by atoms with van der Waals surface area (Å²) in [5.74, 6) is 0.290. The molecule has 0 bridgehead atoms. The number of pyridine rings is 1. The van der Waals surface area contributed by atoms with Gasteiger partial charge in [-0.1, -0.05) is 12.1 Å². The molecule has 1 aliphatic rings. The quantitative estimate of drug-likeness (QED) is 0.783. The summed E-state index contributed by atoms with van der Waals surface area (Å²) in [5.41, 5.74) is 1.51. The Hall–Kier alpha value is -3.41. The Balaban J connectivity index is 1.48. The summed E-state index contributed by atoms with van der Waals surface area (Å²) in [4.78, 5) is 16.3. The van der Waals surface area contributed by atoms with Crippen molar-refractivity contribution in [2.24, 2.45) is 0 Å². The number of aromatic nitrogens is 1. The Labute approximate surface area is 149 Å². The van der Waals surface area contributed by atoms with Gasteiger partial charge in [0.1, 0.15) is 12.4 Å². The number of rotatable bonds is 3. The highest BCUT2D eigenvalue weighted by atomic mass is 19.1. The van der Waals surface area contributed by atoms with Gasteiger partial charge in [0.25, 0.3) is 5.91 Å². The normalized spacial score (nSPS) is 15.3. The van der Waals surface area contributed by atoms with Crippen molar-refractivity contribution in [3.63, 3.8) is 0 Å². The summed E-state index contributed by atoms with van der Waals surface area (Å²) < 4.78 is 25.6. The van der Waals surface area contributed by atoms with E-state index in [2.05, 4.69) is 10.3 Å². The first kappa shape index (κ1) is 16.1. The number of nitrogens with zero attached hydrogens (tertiary/aromatic N) is 1. The van der Waals surface area contributed by atoms with E-state index in [9.17, 15) is 9.18 Å². The van der Waals surface area contributed by atoms with Crippen molar-refractivity contribution >= 4 is 11.6 Å². The summed E-state index contributed by atoms with van der Waals surface area (Å²) in [6, 6.07) is 15.1. The van der Waals surface area contributed by atoms with E-state index >= 15 is 0 Å². The molecule has 130 valence electrons. The maximum absolute atomic E-state index is 14.4. The lowest BCUT2D eigenvalue weighted by atomic mass is 10.1. The Morgan fingerprint density at radius 2 is 1.85 bits per heavy atom. The van der Waals surface area contributed by atoms with Crippen molar-refractivity contribution in [3.05, 3.63) is 72.8 Å². The third kappa shape index (κ3) is 3.21. The van der Waals surface area contributed by atoms with Gasteiger partial charge in [-0.3, -0.25) is 9.78 Å². The van der Waals surface area contributed by atoms with Gasteiger partial charge in [0.15, 0.2) is 11.5 Å². The molecule has 2 heterocycles. The zero-order chi connectivity index (χ0) is 17.9. The second kappa shape index (κ2) is 6.84. The minimum absolute atomic E-state index is 0.0976. The van der Waals surface area contributed by atoms with Crippen molar-refractivity contribution in [2.75, 3.05) is 11.9 Å². The van der Waals surface area contributed by atoms with Crippen LogP contribution in [-0.2, 0) is 4.79 Å². The highest BCUT2D eigenvalue weighted by Crippen LogP contribution is 2.31. The van der Waals surface area contributed by atoms with Crippen molar-refractivity contribution in [1.82, 2.24) is 4.98 Å². The van der Waals surface area contributed by atoms with Crippen LogP contribution in [0, 0.1) is 5.82 Å². The zero-order valence-electron chi connectivity index (χ0n) is 13.7. The number of hydrogen-bond acceptors (Lipinski definition) is 4. The van der Waals surface area contributed by atoms with Gasteiger partial charge in [0.2, 0.25) is 6.10 Å². The Morgan fingerprint density at radius 3 is 2.62 bits per heavy atom. The molecule has 0 unspecified atom stereocenters. The van der Waals surface area contributed by atoms with Gasteiger partial charge in [-0.2, -0.15) is 0 Å². The SMILES string of the molecule is O=C(Nc1ccc(-c2ccncc2)c(F)c1)[C@H]1COc2ccccc2O1. The van der Waals surface area contributed by atoms with Crippen LogP contribution in [0.1, 0.15) is 0 Å². The van der Waals surface area contributed by atoms with Crippen LogP contribution in [0.5, 0.6) is 11.5 Å². The number of carbonyl (C=O) groups is 1. The summed E-state index contributed by atoms with van der Waals surface area (Å²) in [6.07, 6.45) is 2.40. The topological polar surface area (TPSA) is 60.5 Å². The molecule has 0 fully saturated rings. The van der Waals surface area contributed by atoms with Crippen LogP contribution < -0.4 is 14.8 Å². The number of amides is 1. The van der Waals surface area contributed by atoms with Crippen LogP contribution in [-0.4, -0.2) is 23.6 Å². The van der Waals surface area contributed by atoms with E-state index in [-0.39, 0.29) is 6.61 Å². The van der Waals surface area contributed by atoms with Crippen LogP contribution in [0.3, 0.4) is 0 Å². The van der Waals surface area contributed by atoms with Gasteiger partial charge in [-0.25, -0.2) is 4.39 Å². The number of nitrogens with one attached hydrogen (secondary N) is 1. The summed E-state index contributed by atoms with van der Waals surface area (Å²) in [5, 5.41) is 2.67. The Morgan fingerprint density at radius 1 is 1.08 bits per heavy atom. The lowest BCUT2D eigenvalue weighted by molar-refractivity contribution is -0.125. The monoisotopic (exact) mass is 350 g/mol. The molecule has 2 aromatic carbocycles. The number of benzene rings is 2. The number of fused-ring (bicyclic) bond motifs is 1. The first-order chi connectivity index (χ1) is 12.7. The predicted molar refractivity (Wildman–Crippen MR) is 94.6 cm³/mol. The van der Waals surface area contributed by atoms with Crippen LogP contribution in [0.2, 0.25) is 0 Å². The van der Waals surface area contributed by atoms with Crippen molar-refractivity contribution in [3.8, 4) is 22.6 Å². The van der Waals surface area contributed by atoms with Crippen LogP contribution in [0.15, 0.2) is 67.0 Å². The van der Waals surface area contributed by atoms with E-state index in [1.807, 2.05) is 6.07 Å². The van der Waals surface area contributed by atoms with Gasteiger partial charge < -0.3 is 14.8 Å². The molecule has 0 radical (unpaired) electrons. The third-order valence-corrected chi connectivity index (χ3v) is 4.03. The molecule has 0 spiro atoms. The van der Waals surface area contributed by atoms with Crippen molar-refractivity contribution < 1.29 is 18.7 Å². The van der Waals surface area contributed by atoms with Gasteiger partial charge in [-0.15, -0.1) is 0 Å². The highest BCUT2D eigenvalue weighted by Gasteiger charge is 2.27. The summed E-state index contributed by atoms with van der Waals surface area (Å²) in [6.45, 7) is 0.0976. The van der Waals surface area contributed by atoms with Gasteiger partial charge in [0.05, 0.1) is 0 Å². The number of ether oxygens (including phenoxy) is 2. The molecule has 4 rings (SSSR count). The molecule has 0 saturated carbocycles. The minimum Gasteiger partial charge on any atom is -0.485 e. The molecule has 5 nitrogen and oxygen atoms in total.